The molecule has 20 heavy (non-hydrogen) atoms. The molecule has 0 bridgehead atoms. The molecule has 1 aromatic heterocycles. The van der Waals surface area contributed by atoms with E-state index in [1.807, 2.05) is 0 Å². The van der Waals surface area contributed by atoms with Crippen LogP contribution >= 0.6 is 0 Å². The van der Waals surface area contributed by atoms with Crippen LogP contribution in [-0.4, -0.2) is 59.7 Å². The Hall–Kier alpha value is -0.940. The minimum Gasteiger partial charge on any atom is -0.339 e. The second-order valence-electron chi connectivity index (χ2n) is 6.45. The summed E-state index contributed by atoms with van der Waals surface area (Å²) < 4.78 is 5.30. The van der Waals surface area contributed by atoms with Crippen LogP contribution in [0.1, 0.15) is 44.8 Å². The fourth-order valence-electron chi connectivity index (χ4n) is 2.54. The molecule has 0 radical (unpaired) electrons. The number of aryl methyl sites for hydroxylation is 1. The zero-order valence-electron chi connectivity index (χ0n) is 13.3. The molecular formula is C15H28N4O. The number of hydrogen-bond acceptors (Lipinski definition) is 5. The first-order chi connectivity index (χ1) is 9.54. The Balaban J connectivity index is 1.70. The van der Waals surface area contributed by atoms with E-state index < -0.39 is 0 Å². The number of likely N-dealkylation sites (N-methyl/N-ethyl adjacent to an activating group) is 1. The van der Waals surface area contributed by atoms with Crippen LogP contribution in [-0.2, 0) is 6.42 Å². The van der Waals surface area contributed by atoms with Gasteiger partial charge in [0.15, 0.2) is 5.82 Å². The van der Waals surface area contributed by atoms with Crippen LogP contribution in [0.15, 0.2) is 4.52 Å². The van der Waals surface area contributed by atoms with Gasteiger partial charge in [0.2, 0.25) is 5.89 Å². The molecule has 2 rings (SSSR count). The van der Waals surface area contributed by atoms with E-state index in [0.717, 1.165) is 24.6 Å². The van der Waals surface area contributed by atoms with Crippen molar-refractivity contribution in [2.75, 3.05) is 39.8 Å². The molecule has 0 saturated carbocycles. The Morgan fingerprint density at radius 2 is 1.85 bits per heavy atom. The Morgan fingerprint density at radius 1 is 1.15 bits per heavy atom. The van der Waals surface area contributed by atoms with E-state index in [4.69, 9.17) is 4.52 Å². The van der Waals surface area contributed by atoms with Gasteiger partial charge in [-0.15, -0.1) is 0 Å². The highest BCUT2D eigenvalue weighted by atomic mass is 16.5. The first kappa shape index (κ1) is 15.4. The SMILES string of the molecule is CC(CCc1nc(C(C)C)no1)CN1CCN(C)CC1. The molecule has 1 saturated heterocycles. The lowest BCUT2D eigenvalue weighted by atomic mass is 10.0. The molecule has 0 aromatic carbocycles. The minimum atomic E-state index is 0.343. The zero-order chi connectivity index (χ0) is 14.5. The second-order valence-corrected chi connectivity index (χ2v) is 6.45. The van der Waals surface area contributed by atoms with Crippen LogP contribution in [0.2, 0.25) is 0 Å². The summed E-state index contributed by atoms with van der Waals surface area (Å²) in [6.07, 6.45) is 2.01. The fourth-order valence-corrected chi connectivity index (χ4v) is 2.54. The number of piperazine rings is 1. The maximum absolute atomic E-state index is 5.30. The van der Waals surface area contributed by atoms with Crippen LogP contribution in [0.5, 0.6) is 0 Å². The molecule has 2 heterocycles. The first-order valence-electron chi connectivity index (χ1n) is 7.78. The summed E-state index contributed by atoms with van der Waals surface area (Å²) in [5.74, 6) is 2.63. The summed E-state index contributed by atoms with van der Waals surface area (Å²) >= 11 is 0. The summed E-state index contributed by atoms with van der Waals surface area (Å²) in [4.78, 5) is 9.40. The maximum atomic E-state index is 5.30. The zero-order valence-corrected chi connectivity index (χ0v) is 13.3. The highest BCUT2D eigenvalue weighted by molar-refractivity contribution is 4.91. The number of aromatic nitrogens is 2. The van der Waals surface area contributed by atoms with Crippen LogP contribution < -0.4 is 0 Å². The van der Waals surface area contributed by atoms with E-state index in [2.05, 4.69) is 47.8 Å². The van der Waals surface area contributed by atoms with Crippen LogP contribution in [0, 0.1) is 5.92 Å². The van der Waals surface area contributed by atoms with Gasteiger partial charge in [-0.25, -0.2) is 0 Å². The van der Waals surface area contributed by atoms with E-state index in [1.165, 1.54) is 32.7 Å². The Morgan fingerprint density at radius 3 is 2.45 bits per heavy atom. The van der Waals surface area contributed by atoms with Gasteiger partial charge in [0, 0.05) is 45.1 Å². The average Bonchev–Trinajstić information content (AvgIpc) is 2.88. The topological polar surface area (TPSA) is 45.4 Å². The Labute approximate surface area is 122 Å². The predicted octanol–water partition coefficient (Wildman–Crippen LogP) is 2.01. The van der Waals surface area contributed by atoms with Crippen molar-refractivity contribution < 1.29 is 4.52 Å². The first-order valence-corrected chi connectivity index (χ1v) is 7.78. The van der Waals surface area contributed by atoms with Gasteiger partial charge in [-0.05, 0) is 19.4 Å². The van der Waals surface area contributed by atoms with Crippen molar-refractivity contribution in [2.24, 2.45) is 5.92 Å². The Bertz CT molecular complexity index is 396. The van der Waals surface area contributed by atoms with Gasteiger partial charge in [0.05, 0.1) is 0 Å². The summed E-state index contributed by atoms with van der Waals surface area (Å²) in [5.41, 5.74) is 0. The third-order valence-corrected chi connectivity index (χ3v) is 4.02. The third kappa shape index (κ3) is 4.56. The van der Waals surface area contributed by atoms with E-state index in [0.29, 0.717) is 11.8 Å². The smallest absolute Gasteiger partial charge is 0.226 e. The van der Waals surface area contributed by atoms with Crippen molar-refractivity contribution >= 4 is 0 Å². The summed E-state index contributed by atoms with van der Waals surface area (Å²) in [6.45, 7) is 12.4. The highest BCUT2D eigenvalue weighted by Crippen LogP contribution is 2.14. The van der Waals surface area contributed by atoms with Crippen LogP contribution in [0.4, 0.5) is 0 Å². The van der Waals surface area contributed by atoms with Crippen molar-refractivity contribution in [2.45, 2.75) is 39.5 Å². The lowest BCUT2D eigenvalue weighted by Crippen LogP contribution is -2.45. The number of hydrogen-bond donors (Lipinski definition) is 0. The molecule has 0 spiro atoms. The molecule has 0 amide bonds. The van der Waals surface area contributed by atoms with Gasteiger partial charge in [0.1, 0.15) is 0 Å². The second kappa shape index (κ2) is 7.18. The van der Waals surface area contributed by atoms with E-state index in [-0.39, 0.29) is 0 Å². The molecular weight excluding hydrogens is 252 g/mol. The number of rotatable bonds is 6. The van der Waals surface area contributed by atoms with Crippen molar-refractivity contribution in [3.63, 3.8) is 0 Å². The van der Waals surface area contributed by atoms with Crippen molar-refractivity contribution in [1.82, 2.24) is 19.9 Å². The van der Waals surface area contributed by atoms with Crippen molar-refractivity contribution in [1.29, 1.82) is 0 Å². The quantitative estimate of drug-likeness (QED) is 0.797. The van der Waals surface area contributed by atoms with Gasteiger partial charge in [0.25, 0.3) is 0 Å². The van der Waals surface area contributed by atoms with Gasteiger partial charge < -0.3 is 14.3 Å². The molecule has 114 valence electrons. The molecule has 1 unspecified atom stereocenters. The van der Waals surface area contributed by atoms with E-state index in [1.54, 1.807) is 0 Å². The molecule has 0 N–H and O–H groups in total. The minimum absolute atomic E-state index is 0.343. The van der Waals surface area contributed by atoms with Gasteiger partial charge >= 0.3 is 0 Å². The summed E-state index contributed by atoms with van der Waals surface area (Å²) in [6, 6.07) is 0. The lowest BCUT2D eigenvalue weighted by molar-refractivity contribution is 0.136. The van der Waals surface area contributed by atoms with E-state index >= 15 is 0 Å². The standard InChI is InChI=1S/C15H28N4O/c1-12(2)15-16-14(20-17-15)6-5-13(3)11-19-9-7-18(4)8-10-19/h12-13H,5-11H2,1-4H3. The molecule has 0 aliphatic carbocycles. The average molecular weight is 280 g/mol. The maximum Gasteiger partial charge on any atom is 0.226 e. The molecule has 5 nitrogen and oxygen atoms in total. The van der Waals surface area contributed by atoms with Crippen LogP contribution in [0.25, 0.3) is 0 Å². The molecule has 1 fully saturated rings. The summed E-state index contributed by atoms with van der Waals surface area (Å²) in [7, 11) is 2.20. The van der Waals surface area contributed by atoms with Gasteiger partial charge in [-0.2, -0.15) is 4.98 Å². The predicted molar refractivity (Wildman–Crippen MR) is 79.8 cm³/mol. The van der Waals surface area contributed by atoms with Crippen LogP contribution in [0.3, 0.4) is 0 Å². The fraction of sp³-hybridized carbons (Fsp3) is 0.867. The third-order valence-electron chi connectivity index (χ3n) is 4.02. The Kier molecular flexibility index (Phi) is 5.54. The molecule has 1 aliphatic rings. The molecule has 1 aliphatic heterocycles. The molecule has 1 atom stereocenters. The largest absolute Gasteiger partial charge is 0.339 e. The van der Waals surface area contributed by atoms with Crippen molar-refractivity contribution in [3.8, 4) is 0 Å². The number of nitrogens with zero attached hydrogens (tertiary/aromatic N) is 4. The summed E-state index contributed by atoms with van der Waals surface area (Å²) in [5, 5.41) is 4.02. The van der Waals surface area contributed by atoms with Gasteiger partial charge in [-0.3, -0.25) is 0 Å². The van der Waals surface area contributed by atoms with Gasteiger partial charge in [-0.1, -0.05) is 25.9 Å². The molecule has 5 heteroatoms. The lowest BCUT2D eigenvalue weighted by Gasteiger charge is -2.33. The highest BCUT2D eigenvalue weighted by Gasteiger charge is 2.17. The van der Waals surface area contributed by atoms with E-state index in [9.17, 15) is 0 Å². The normalized spacial score (nSPS) is 19.6. The van der Waals surface area contributed by atoms with Crippen molar-refractivity contribution in [3.05, 3.63) is 11.7 Å². The monoisotopic (exact) mass is 280 g/mol. The molecule has 1 aromatic rings.